The monoisotopic (exact) mass is 556 g/mol. The van der Waals surface area contributed by atoms with Gasteiger partial charge in [0, 0.05) is 41.7 Å². The molecule has 1 fully saturated rings. The number of hydrogen-bond donors (Lipinski definition) is 2. The van der Waals surface area contributed by atoms with Crippen molar-refractivity contribution in [2.75, 3.05) is 18.4 Å². The average Bonchev–Trinajstić information content (AvgIpc) is 2.99. The summed E-state index contributed by atoms with van der Waals surface area (Å²) < 4.78 is 18.6. The lowest BCUT2D eigenvalue weighted by Gasteiger charge is -2.31. The summed E-state index contributed by atoms with van der Waals surface area (Å²) in [6.45, 7) is 0.937. The molecule has 0 unspecified atom stereocenters. The van der Waals surface area contributed by atoms with E-state index in [2.05, 4.69) is 27.9 Å². The number of hydrogen-bond acceptors (Lipinski definition) is 7. The van der Waals surface area contributed by atoms with Gasteiger partial charge in [-0.05, 0) is 67.4 Å². The molecule has 10 heteroatoms. The zero-order valence-electron chi connectivity index (χ0n) is 21.3. The highest BCUT2D eigenvalue weighted by Gasteiger charge is 2.28. The van der Waals surface area contributed by atoms with Crippen molar-refractivity contribution in [1.82, 2.24) is 14.9 Å². The third-order valence-corrected chi connectivity index (χ3v) is 6.88. The molecule has 2 aromatic carbocycles. The molecule has 1 aliphatic rings. The lowest BCUT2D eigenvalue weighted by atomic mass is 9.88. The van der Waals surface area contributed by atoms with Gasteiger partial charge >= 0.3 is 0 Å². The minimum atomic E-state index is -0.460. The maximum absolute atomic E-state index is 13.0. The standard InChI is InChI=1S/C30H25FN4O4S/c31-22-4-7-24(8-5-22)39-27-12-6-23(18-33-27)34-29(37)26-11-3-21(17-32-26)30(38)35-15-13-20(14-16-35)28(36)19-1-9-25(40)10-2-19/h1-12,17-18,20,40H,13-16H2,(H,34,37). The molecule has 5 rings (SSSR count). The number of nitrogens with zero attached hydrogens (tertiary/aromatic N) is 3. The van der Waals surface area contributed by atoms with Crippen molar-refractivity contribution < 1.29 is 23.5 Å². The molecule has 1 N–H and O–H groups in total. The zero-order chi connectivity index (χ0) is 28.1. The van der Waals surface area contributed by atoms with E-state index >= 15 is 0 Å². The molecule has 8 nitrogen and oxygen atoms in total. The molecule has 2 amide bonds. The van der Waals surface area contributed by atoms with E-state index in [-0.39, 0.29) is 35.0 Å². The van der Waals surface area contributed by atoms with Crippen LogP contribution in [0.5, 0.6) is 11.6 Å². The van der Waals surface area contributed by atoms with Crippen molar-refractivity contribution in [1.29, 1.82) is 0 Å². The van der Waals surface area contributed by atoms with Crippen molar-refractivity contribution >= 4 is 35.9 Å². The number of pyridine rings is 2. The van der Waals surface area contributed by atoms with Gasteiger partial charge in [0.1, 0.15) is 17.3 Å². The summed E-state index contributed by atoms with van der Waals surface area (Å²) in [4.78, 5) is 49.2. The highest BCUT2D eigenvalue weighted by atomic mass is 32.1. The van der Waals surface area contributed by atoms with Gasteiger partial charge in [-0.2, -0.15) is 0 Å². The highest BCUT2D eigenvalue weighted by molar-refractivity contribution is 7.80. The Labute approximate surface area is 235 Å². The van der Waals surface area contributed by atoms with Crippen LogP contribution in [0, 0.1) is 11.7 Å². The summed E-state index contributed by atoms with van der Waals surface area (Å²) in [5.41, 5.74) is 1.59. The number of piperidine rings is 1. The number of likely N-dealkylation sites (tertiary alicyclic amines) is 1. The van der Waals surface area contributed by atoms with Crippen LogP contribution in [-0.2, 0) is 0 Å². The molecule has 40 heavy (non-hydrogen) atoms. The van der Waals surface area contributed by atoms with Gasteiger partial charge in [0.15, 0.2) is 5.78 Å². The number of benzene rings is 2. The minimum absolute atomic E-state index is 0.0858. The number of thiol groups is 1. The number of nitrogens with one attached hydrogen (secondary N) is 1. The fourth-order valence-corrected chi connectivity index (χ4v) is 4.53. The van der Waals surface area contributed by atoms with Crippen molar-refractivity contribution in [3.05, 3.63) is 108 Å². The summed E-state index contributed by atoms with van der Waals surface area (Å²) in [5.74, 6) is -0.341. The number of rotatable bonds is 7. The molecular formula is C30H25FN4O4S. The van der Waals surface area contributed by atoms with Gasteiger partial charge in [-0.3, -0.25) is 19.4 Å². The van der Waals surface area contributed by atoms with E-state index in [0.717, 1.165) is 4.90 Å². The van der Waals surface area contributed by atoms with Crippen LogP contribution in [0.2, 0.25) is 0 Å². The zero-order valence-corrected chi connectivity index (χ0v) is 22.2. The van der Waals surface area contributed by atoms with Gasteiger partial charge in [-0.1, -0.05) is 12.1 Å². The normalized spacial score (nSPS) is 13.5. The van der Waals surface area contributed by atoms with Crippen molar-refractivity contribution in [2.45, 2.75) is 17.7 Å². The third kappa shape index (κ3) is 6.52. The van der Waals surface area contributed by atoms with Crippen molar-refractivity contribution in [2.24, 2.45) is 5.92 Å². The second-order valence-corrected chi connectivity index (χ2v) is 9.82. The van der Waals surface area contributed by atoms with Gasteiger partial charge in [0.25, 0.3) is 11.8 Å². The first-order valence-electron chi connectivity index (χ1n) is 12.6. The number of carbonyl (C=O) groups is 3. The van der Waals surface area contributed by atoms with Crippen LogP contribution >= 0.6 is 12.6 Å². The molecule has 4 aromatic rings. The first kappa shape index (κ1) is 27.0. The van der Waals surface area contributed by atoms with E-state index in [1.165, 1.54) is 42.7 Å². The molecule has 202 valence electrons. The summed E-state index contributed by atoms with van der Waals surface area (Å²) in [6.07, 6.45) is 3.98. The summed E-state index contributed by atoms with van der Waals surface area (Å²) in [5, 5.41) is 2.70. The Balaban J connectivity index is 1.13. The summed E-state index contributed by atoms with van der Waals surface area (Å²) in [7, 11) is 0. The molecule has 0 bridgehead atoms. The van der Waals surface area contributed by atoms with E-state index in [0.29, 0.717) is 48.5 Å². The lowest BCUT2D eigenvalue weighted by molar-refractivity contribution is 0.0650. The number of carbonyl (C=O) groups excluding carboxylic acids is 3. The molecule has 0 spiro atoms. The maximum Gasteiger partial charge on any atom is 0.274 e. The Morgan fingerprint density at radius 3 is 2.17 bits per heavy atom. The van der Waals surface area contributed by atoms with Gasteiger partial charge in [0.05, 0.1) is 17.4 Å². The van der Waals surface area contributed by atoms with Crippen molar-refractivity contribution in [3.63, 3.8) is 0 Å². The predicted octanol–water partition coefficient (Wildman–Crippen LogP) is 5.68. The Hall–Kier alpha value is -4.57. The first-order valence-corrected chi connectivity index (χ1v) is 13.1. The SMILES string of the molecule is O=C(Nc1ccc(Oc2ccc(F)cc2)nc1)c1ccc(C(=O)N2CCC(C(=O)c3ccc(S)cc3)CC2)cn1. The second kappa shape index (κ2) is 12.1. The quantitative estimate of drug-likeness (QED) is 0.224. The third-order valence-electron chi connectivity index (χ3n) is 6.58. The van der Waals surface area contributed by atoms with E-state index in [1.54, 1.807) is 47.4 Å². The number of ketones is 1. The number of anilines is 1. The van der Waals surface area contributed by atoms with E-state index in [4.69, 9.17) is 4.74 Å². The fraction of sp³-hybridized carbons (Fsp3) is 0.167. The molecule has 0 atom stereocenters. The molecule has 0 saturated carbocycles. The Morgan fingerprint density at radius 1 is 0.850 bits per heavy atom. The van der Waals surface area contributed by atoms with Gasteiger partial charge < -0.3 is 15.0 Å². The van der Waals surface area contributed by atoms with Crippen LogP contribution in [0.1, 0.15) is 44.0 Å². The van der Waals surface area contributed by atoms with Crippen LogP contribution in [0.3, 0.4) is 0 Å². The van der Waals surface area contributed by atoms with Crippen LogP contribution in [0.4, 0.5) is 10.1 Å². The molecule has 1 saturated heterocycles. The van der Waals surface area contributed by atoms with Crippen molar-refractivity contribution in [3.8, 4) is 11.6 Å². The van der Waals surface area contributed by atoms with Gasteiger partial charge in [0.2, 0.25) is 5.88 Å². The second-order valence-electron chi connectivity index (χ2n) is 9.30. The number of Topliss-reactive ketones (excluding diaryl/α,β-unsaturated/α-hetero) is 1. The number of aromatic nitrogens is 2. The van der Waals surface area contributed by atoms with E-state index in [1.807, 2.05) is 0 Å². The highest BCUT2D eigenvalue weighted by Crippen LogP contribution is 2.24. The van der Waals surface area contributed by atoms with E-state index < -0.39 is 5.91 Å². The lowest BCUT2D eigenvalue weighted by Crippen LogP contribution is -2.40. The van der Waals surface area contributed by atoms with Crippen LogP contribution in [0.25, 0.3) is 0 Å². The number of halogens is 1. The molecular weight excluding hydrogens is 531 g/mol. The van der Waals surface area contributed by atoms with Crippen LogP contribution < -0.4 is 10.1 Å². The predicted molar refractivity (Wildman–Crippen MR) is 150 cm³/mol. The topological polar surface area (TPSA) is 101 Å². The summed E-state index contributed by atoms with van der Waals surface area (Å²) >= 11 is 4.26. The Bertz CT molecular complexity index is 1500. The number of amides is 2. The van der Waals surface area contributed by atoms with Gasteiger partial charge in [-0.25, -0.2) is 9.37 Å². The Morgan fingerprint density at radius 2 is 1.55 bits per heavy atom. The molecule has 2 aromatic heterocycles. The fourth-order valence-electron chi connectivity index (χ4n) is 4.38. The minimum Gasteiger partial charge on any atom is -0.439 e. The smallest absolute Gasteiger partial charge is 0.274 e. The molecule has 3 heterocycles. The Kier molecular flexibility index (Phi) is 8.16. The molecule has 0 aliphatic carbocycles. The number of ether oxygens (including phenoxy) is 1. The average molecular weight is 557 g/mol. The van der Waals surface area contributed by atoms with Crippen LogP contribution in [0.15, 0.2) is 90.1 Å². The maximum atomic E-state index is 13.0. The van der Waals surface area contributed by atoms with E-state index in [9.17, 15) is 18.8 Å². The molecule has 0 radical (unpaired) electrons. The largest absolute Gasteiger partial charge is 0.439 e. The summed E-state index contributed by atoms with van der Waals surface area (Å²) in [6, 6.07) is 18.9. The molecule has 1 aliphatic heterocycles. The van der Waals surface area contributed by atoms with Gasteiger partial charge in [-0.15, -0.1) is 12.6 Å². The first-order chi connectivity index (χ1) is 19.4. The van der Waals surface area contributed by atoms with Crippen LogP contribution in [-0.4, -0.2) is 45.6 Å².